The molecule has 5 rings (SSSR count). The van der Waals surface area contributed by atoms with Crippen LogP contribution in [0.1, 0.15) is 23.0 Å². The number of carbonyl (C=O) groups excluding carboxylic acids is 2. The largest absolute Gasteiger partial charge is 0.505 e. The number of amides is 1. The Balaban J connectivity index is 1.63. The molecule has 11 heteroatoms. The summed E-state index contributed by atoms with van der Waals surface area (Å²) in [6, 6.07) is 10.2. The van der Waals surface area contributed by atoms with Gasteiger partial charge in [0.15, 0.2) is 5.76 Å². The van der Waals surface area contributed by atoms with Crippen molar-refractivity contribution in [1.29, 1.82) is 0 Å². The number of nitro benzene ring substituents is 1. The van der Waals surface area contributed by atoms with Gasteiger partial charge in [-0.2, -0.15) is 0 Å². The highest BCUT2D eigenvalue weighted by molar-refractivity contribution is 6.46. The molecular weight excluding hydrogens is 466 g/mol. The maximum Gasteiger partial charge on any atom is 0.295 e. The normalized spacial score (nSPS) is 20.4. The van der Waals surface area contributed by atoms with E-state index in [1.165, 1.54) is 23.1 Å². The van der Waals surface area contributed by atoms with Crippen LogP contribution in [0, 0.1) is 17.0 Å². The molecule has 2 fully saturated rings. The van der Waals surface area contributed by atoms with Crippen molar-refractivity contribution >= 4 is 28.8 Å². The van der Waals surface area contributed by atoms with Gasteiger partial charge in [-0.1, -0.05) is 18.2 Å². The molecule has 11 nitrogen and oxygen atoms in total. The van der Waals surface area contributed by atoms with Gasteiger partial charge in [-0.25, -0.2) is 4.98 Å². The van der Waals surface area contributed by atoms with Crippen molar-refractivity contribution in [3.63, 3.8) is 0 Å². The number of nitro groups is 1. The molecule has 0 aliphatic carbocycles. The second-order valence-electron chi connectivity index (χ2n) is 8.77. The summed E-state index contributed by atoms with van der Waals surface area (Å²) in [5.41, 5.74) is 1.44. The van der Waals surface area contributed by atoms with E-state index >= 15 is 0 Å². The number of fused-ring (bicyclic) bond motifs is 1. The molecule has 0 spiro atoms. The molecule has 1 atom stereocenters. The molecule has 0 bridgehead atoms. The maximum absolute atomic E-state index is 13.3. The van der Waals surface area contributed by atoms with E-state index in [4.69, 9.17) is 4.74 Å². The van der Waals surface area contributed by atoms with Crippen molar-refractivity contribution < 1.29 is 24.4 Å². The molecule has 3 aromatic rings. The fourth-order valence-corrected chi connectivity index (χ4v) is 4.87. The van der Waals surface area contributed by atoms with Gasteiger partial charge < -0.3 is 14.7 Å². The first kappa shape index (κ1) is 23.6. The van der Waals surface area contributed by atoms with Crippen LogP contribution in [0.4, 0.5) is 5.69 Å². The summed E-state index contributed by atoms with van der Waals surface area (Å²) >= 11 is 0. The number of hydrogen-bond acceptors (Lipinski definition) is 8. The van der Waals surface area contributed by atoms with E-state index in [1.54, 1.807) is 41.8 Å². The number of aryl methyl sites for hydroxylation is 1. The van der Waals surface area contributed by atoms with Crippen molar-refractivity contribution in [2.45, 2.75) is 13.0 Å². The zero-order valence-corrected chi connectivity index (χ0v) is 19.7. The number of rotatable bonds is 6. The highest BCUT2D eigenvalue weighted by Gasteiger charge is 2.46. The zero-order valence-electron chi connectivity index (χ0n) is 19.7. The molecular formula is C25H25N5O6. The highest BCUT2D eigenvalue weighted by atomic mass is 16.6. The third kappa shape index (κ3) is 4.12. The number of carbonyl (C=O) groups is 2. The summed E-state index contributed by atoms with van der Waals surface area (Å²) in [7, 11) is 0. The van der Waals surface area contributed by atoms with Crippen molar-refractivity contribution in [1.82, 2.24) is 19.2 Å². The van der Waals surface area contributed by atoms with Crippen LogP contribution in [0.15, 0.2) is 54.2 Å². The van der Waals surface area contributed by atoms with Crippen molar-refractivity contribution in [3.8, 4) is 0 Å². The average molecular weight is 492 g/mol. The molecule has 2 aliphatic heterocycles. The number of likely N-dealkylation sites (tertiary alicyclic amines) is 1. The number of hydrogen-bond donors (Lipinski definition) is 1. The Morgan fingerprint density at radius 1 is 1.17 bits per heavy atom. The second kappa shape index (κ2) is 9.51. The lowest BCUT2D eigenvalue weighted by Gasteiger charge is -2.31. The van der Waals surface area contributed by atoms with Crippen molar-refractivity contribution in [2.24, 2.45) is 0 Å². The number of Topliss-reactive ketones (excluding diaryl/α,β-unsaturated/α-hetero) is 1. The fraction of sp³-hybridized carbons (Fsp3) is 0.320. The first-order chi connectivity index (χ1) is 17.4. The summed E-state index contributed by atoms with van der Waals surface area (Å²) in [4.78, 5) is 45.5. The minimum absolute atomic E-state index is 0.115. The fourth-order valence-electron chi connectivity index (χ4n) is 4.87. The minimum atomic E-state index is -0.986. The Bertz CT molecular complexity index is 1390. The van der Waals surface area contributed by atoms with Crippen molar-refractivity contribution in [2.75, 3.05) is 39.4 Å². The number of benzene rings is 1. The molecule has 1 aromatic carbocycles. The summed E-state index contributed by atoms with van der Waals surface area (Å²) in [5, 5.41) is 22.9. The van der Waals surface area contributed by atoms with E-state index in [0.29, 0.717) is 55.4 Å². The monoisotopic (exact) mass is 491 g/mol. The number of pyridine rings is 1. The number of morpholine rings is 1. The third-order valence-corrected chi connectivity index (χ3v) is 6.63. The van der Waals surface area contributed by atoms with Crippen LogP contribution >= 0.6 is 0 Å². The number of aromatic nitrogens is 2. The van der Waals surface area contributed by atoms with Crippen LogP contribution < -0.4 is 0 Å². The smallest absolute Gasteiger partial charge is 0.295 e. The van der Waals surface area contributed by atoms with E-state index in [-0.39, 0.29) is 23.6 Å². The van der Waals surface area contributed by atoms with Gasteiger partial charge in [0, 0.05) is 44.5 Å². The Labute approximate surface area is 206 Å². The van der Waals surface area contributed by atoms with Gasteiger partial charge in [0.1, 0.15) is 11.3 Å². The quantitative estimate of drug-likeness (QED) is 0.183. The summed E-state index contributed by atoms with van der Waals surface area (Å²) in [6.07, 6.45) is 1.71. The first-order valence-corrected chi connectivity index (χ1v) is 11.6. The van der Waals surface area contributed by atoms with Crippen LogP contribution in [0.5, 0.6) is 0 Å². The van der Waals surface area contributed by atoms with Crippen molar-refractivity contribution in [3.05, 3.63) is 81.3 Å². The minimum Gasteiger partial charge on any atom is -0.505 e. The van der Waals surface area contributed by atoms with Gasteiger partial charge in [-0.15, -0.1) is 0 Å². The van der Waals surface area contributed by atoms with Gasteiger partial charge in [0.2, 0.25) is 0 Å². The zero-order chi connectivity index (χ0) is 25.4. The third-order valence-electron chi connectivity index (χ3n) is 6.63. The lowest BCUT2D eigenvalue weighted by Crippen LogP contribution is -2.42. The highest BCUT2D eigenvalue weighted by Crippen LogP contribution is 2.40. The predicted octanol–water partition coefficient (Wildman–Crippen LogP) is 2.30. The van der Waals surface area contributed by atoms with Gasteiger partial charge in [0.25, 0.3) is 17.4 Å². The maximum atomic E-state index is 13.3. The molecule has 1 amide bonds. The van der Waals surface area contributed by atoms with Gasteiger partial charge in [-0.05, 0) is 24.6 Å². The number of imidazole rings is 1. The van der Waals surface area contributed by atoms with Crippen LogP contribution in [-0.2, 0) is 14.3 Å². The number of nitrogens with zero attached hydrogens (tertiary/aromatic N) is 5. The number of aliphatic hydroxyl groups excluding tert-OH is 1. The molecule has 1 unspecified atom stereocenters. The standard InChI is InChI=1S/C25H25N5O6/c1-16-21(28-8-3-2-7-19(28)26-16)23(31)20-22(17-5-4-6-18(15-17)30(34)35)29(25(33)24(20)32)10-9-27-11-13-36-14-12-27/h2-8,15,22,31H,9-14H2,1H3/b23-20-. The van der Waals surface area contributed by atoms with Crippen LogP contribution in [0.2, 0.25) is 0 Å². The van der Waals surface area contributed by atoms with Crippen LogP contribution in [-0.4, -0.2) is 80.3 Å². The van der Waals surface area contributed by atoms with E-state index in [0.717, 1.165) is 0 Å². The predicted molar refractivity (Wildman–Crippen MR) is 129 cm³/mol. The molecule has 36 heavy (non-hydrogen) atoms. The van der Waals surface area contributed by atoms with E-state index in [9.17, 15) is 24.8 Å². The van der Waals surface area contributed by atoms with Gasteiger partial charge in [0.05, 0.1) is 35.4 Å². The molecule has 2 saturated heterocycles. The molecule has 0 saturated carbocycles. The number of ether oxygens (including phenoxy) is 1. The Hall–Kier alpha value is -4.09. The van der Waals surface area contributed by atoms with Crippen LogP contribution in [0.25, 0.3) is 11.4 Å². The summed E-state index contributed by atoms with van der Waals surface area (Å²) in [6.45, 7) is 4.98. The molecule has 0 radical (unpaired) electrons. The molecule has 186 valence electrons. The van der Waals surface area contributed by atoms with Gasteiger partial charge >= 0.3 is 0 Å². The summed E-state index contributed by atoms with van der Waals surface area (Å²) < 4.78 is 7.03. The lowest BCUT2D eigenvalue weighted by molar-refractivity contribution is -0.384. The average Bonchev–Trinajstić information content (AvgIpc) is 3.35. The molecule has 2 aliphatic rings. The molecule has 4 heterocycles. The topological polar surface area (TPSA) is 131 Å². The summed E-state index contributed by atoms with van der Waals surface area (Å²) in [5.74, 6) is -1.96. The number of ketones is 1. The number of non-ortho nitro benzene ring substituents is 1. The Morgan fingerprint density at radius 3 is 2.69 bits per heavy atom. The number of aliphatic hydroxyl groups is 1. The molecule has 2 aromatic heterocycles. The Morgan fingerprint density at radius 2 is 1.94 bits per heavy atom. The van der Waals surface area contributed by atoms with E-state index < -0.39 is 22.7 Å². The Kier molecular flexibility index (Phi) is 6.25. The lowest BCUT2D eigenvalue weighted by atomic mass is 9.96. The SMILES string of the molecule is Cc1nc2ccccn2c1/C(O)=C1/C(=O)C(=O)N(CCN2CCOCC2)C1c1cccc([N+](=O)[O-])c1. The first-order valence-electron chi connectivity index (χ1n) is 11.6. The van der Waals surface area contributed by atoms with E-state index in [1.807, 2.05) is 0 Å². The van der Waals surface area contributed by atoms with Crippen LogP contribution in [0.3, 0.4) is 0 Å². The second-order valence-corrected chi connectivity index (χ2v) is 8.77. The van der Waals surface area contributed by atoms with E-state index in [2.05, 4.69) is 9.88 Å². The van der Waals surface area contributed by atoms with Gasteiger partial charge in [-0.3, -0.25) is 29.0 Å². The molecule has 1 N–H and O–H groups in total.